The lowest BCUT2D eigenvalue weighted by Gasteiger charge is -2.42. The minimum Gasteiger partial charge on any atom is -0.450 e. The average Bonchev–Trinajstić information content (AvgIpc) is 0.814. The second-order valence-electron chi connectivity index (χ2n) is 32.5. The fraction of sp³-hybridized carbons (Fsp3) is 0.863. The molecule has 0 aliphatic carbocycles. The smallest absolute Gasteiger partial charge is 0.407 e. The highest BCUT2D eigenvalue weighted by Crippen LogP contribution is 2.38. The summed E-state index contributed by atoms with van der Waals surface area (Å²) in [6.45, 7) is 14.0. The fourth-order valence-electron chi connectivity index (χ4n) is 14.5. The van der Waals surface area contributed by atoms with Crippen LogP contribution in [0.1, 0.15) is 229 Å². The SMILES string of the molecule is CCCNC(=O)C(C)(C)CC(C)(C)CC(=O)NC(CCCOC(=O)NCCCCCCNC(=O)CCCOC1OC(CO)C(O)C(O)C1NC(C)=O)(CCCOC(=O)NCCCCCCNC(=O)CCCOC1OC(CO)C(O)C(O)C1NC(C)=O)CCCOC(=O)NCCCCCCNC(=O)CCCOC1OC(CO)C(O)C(O)C1NC(C)=O. The third-order valence-electron chi connectivity index (χ3n) is 20.5. The van der Waals surface area contributed by atoms with Gasteiger partial charge in [-0.1, -0.05) is 73.1 Å². The van der Waals surface area contributed by atoms with Crippen molar-refractivity contribution in [3.05, 3.63) is 0 Å². The van der Waals surface area contributed by atoms with Gasteiger partial charge in [0.25, 0.3) is 0 Å². The van der Waals surface area contributed by atoms with Crippen molar-refractivity contribution in [2.24, 2.45) is 10.8 Å². The van der Waals surface area contributed by atoms with Crippen LogP contribution in [0.2, 0.25) is 0 Å². The molecule has 40 heteroatoms. The molecule has 3 aliphatic rings. The van der Waals surface area contributed by atoms with Gasteiger partial charge in [-0.05, 0) is 115 Å². The van der Waals surface area contributed by atoms with Gasteiger partial charge in [0.15, 0.2) is 18.9 Å². The lowest BCUT2D eigenvalue weighted by Crippen LogP contribution is -2.64. The summed E-state index contributed by atoms with van der Waals surface area (Å²) in [6.07, 6.45) is -5.24. The summed E-state index contributed by atoms with van der Waals surface area (Å²) < 4.78 is 50.7. The molecule has 120 heavy (non-hydrogen) atoms. The molecule has 15 unspecified atom stereocenters. The van der Waals surface area contributed by atoms with Crippen LogP contribution < -0.4 is 58.5 Å². The summed E-state index contributed by atoms with van der Waals surface area (Å²) >= 11 is 0. The molecule has 0 radical (unpaired) electrons. The van der Waals surface area contributed by atoms with Gasteiger partial charge >= 0.3 is 18.3 Å². The van der Waals surface area contributed by atoms with Crippen LogP contribution in [0.4, 0.5) is 14.4 Å². The number of carbonyl (C=O) groups excluding carboxylic acids is 11. The number of carbonyl (C=O) groups is 11. The Kier molecular flexibility index (Phi) is 53.3. The number of unbranched alkanes of at least 4 members (excludes halogenated alkanes) is 9. The quantitative estimate of drug-likeness (QED) is 0.0281. The highest BCUT2D eigenvalue weighted by atomic mass is 16.7. The van der Waals surface area contributed by atoms with Crippen LogP contribution in [0.15, 0.2) is 0 Å². The minimum atomic E-state index is -1.46. The summed E-state index contributed by atoms with van der Waals surface area (Å²) in [5, 5.41) is 122. The first-order chi connectivity index (χ1) is 57.1. The van der Waals surface area contributed by atoms with Gasteiger partial charge in [-0.3, -0.25) is 38.4 Å². The van der Waals surface area contributed by atoms with Gasteiger partial charge in [-0.15, -0.1) is 0 Å². The summed E-state index contributed by atoms with van der Waals surface area (Å²) in [5.74, 6) is -2.56. The van der Waals surface area contributed by atoms with Crippen molar-refractivity contribution in [3.8, 4) is 0 Å². The molecule has 3 aliphatic heterocycles. The third-order valence-corrected chi connectivity index (χ3v) is 20.5. The number of hydrogen-bond acceptors (Lipinski definition) is 29. The van der Waals surface area contributed by atoms with Crippen LogP contribution in [0.5, 0.6) is 0 Å². The normalized spacial score (nSPS) is 23.5. The fourth-order valence-corrected chi connectivity index (χ4v) is 14.5. The van der Waals surface area contributed by atoms with E-state index in [1.807, 2.05) is 34.6 Å². The predicted octanol–water partition coefficient (Wildman–Crippen LogP) is -0.0293. The number of aliphatic hydroxyl groups excluding tert-OH is 9. The van der Waals surface area contributed by atoms with Crippen molar-refractivity contribution >= 4 is 65.5 Å². The first-order valence-electron chi connectivity index (χ1n) is 42.8. The standard InChI is InChI=1S/C80H145N11O29/c1-9-34-84-74(108)79(7,8)51-78(5,6)47-61(101)91-80(31-25-44-115-75(109)85-38-19-13-10-16-35-81-58(98)28-22-41-112-71-62(88-52(2)95)68(105)65(102)55(48-92)118-71,32-26-45-116-76(110)86-39-20-14-11-17-36-82-59(99)29-23-42-113-72-63(89-53(3)96)69(106)66(103)56(49-93)119-72)33-27-46-117-77(111)87-40-21-15-12-18-37-83-60(100)30-24-43-114-73-64(90-54(4)97)70(107)67(104)57(50-94)120-73/h55-57,62-73,92-94,102-107H,9-51H2,1-8H3,(H,81,98)(H,82,99)(H,83,100)(H,84,108)(H,85,109)(H,86,110)(H,87,111)(H,88,95)(H,89,96)(H,90,97)(H,91,101). The van der Waals surface area contributed by atoms with Crippen LogP contribution in [-0.2, 0) is 81.0 Å². The number of ether oxygens (including phenoxy) is 9. The zero-order valence-electron chi connectivity index (χ0n) is 71.8. The Hall–Kier alpha value is -7.03. The summed E-state index contributed by atoms with van der Waals surface area (Å²) in [6, 6.07) is -3.29. The minimum absolute atomic E-state index is 0.0269. The molecule has 15 atom stereocenters. The van der Waals surface area contributed by atoms with E-state index in [1.165, 1.54) is 20.8 Å². The molecule has 3 heterocycles. The van der Waals surface area contributed by atoms with Crippen molar-refractivity contribution < 1.29 is 141 Å². The second kappa shape index (κ2) is 59.7. The molecule has 3 fully saturated rings. The molecule has 0 aromatic heterocycles. The van der Waals surface area contributed by atoms with E-state index in [0.29, 0.717) is 90.8 Å². The summed E-state index contributed by atoms with van der Waals surface area (Å²) in [7, 11) is 0. The van der Waals surface area contributed by atoms with E-state index >= 15 is 0 Å². The van der Waals surface area contributed by atoms with Gasteiger partial charge in [0.05, 0.1) is 59.5 Å². The van der Waals surface area contributed by atoms with Crippen LogP contribution in [0.3, 0.4) is 0 Å². The molecule has 20 N–H and O–H groups in total. The van der Waals surface area contributed by atoms with Crippen LogP contribution >= 0.6 is 0 Å². The van der Waals surface area contributed by atoms with Crippen molar-refractivity contribution in [1.82, 2.24) is 58.5 Å². The zero-order valence-corrected chi connectivity index (χ0v) is 71.8. The molecule has 0 aromatic carbocycles. The first-order valence-corrected chi connectivity index (χ1v) is 42.8. The van der Waals surface area contributed by atoms with Crippen molar-refractivity contribution in [3.63, 3.8) is 0 Å². The molecule has 0 bridgehead atoms. The average molecular weight is 1730 g/mol. The van der Waals surface area contributed by atoms with E-state index in [0.717, 1.165) is 44.9 Å². The molecular weight excluding hydrogens is 1580 g/mol. The molecule has 694 valence electrons. The van der Waals surface area contributed by atoms with E-state index in [-0.39, 0.29) is 153 Å². The second-order valence-corrected chi connectivity index (χ2v) is 32.5. The summed E-state index contributed by atoms with van der Waals surface area (Å²) in [4.78, 5) is 140. The molecule has 11 amide bonds. The summed E-state index contributed by atoms with van der Waals surface area (Å²) in [5.41, 5.74) is -2.51. The van der Waals surface area contributed by atoms with Crippen LogP contribution in [0, 0.1) is 10.8 Å². The lowest BCUT2D eigenvalue weighted by atomic mass is 9.72. The lowest BCUT2D eigenvalue weighted by molar-refractivity contribution is -0.270. The largest absolute Gasteiger partial charge is 0.450 e. The van der Waals surface area contributed by atoms with Crippen molar-refractivity contribution in [1.29, 1.82) is 0 Å². The molecule has 3 rings (SSSR count). The predicted molar refractivity (Wildman–Crippen MR) is 433 cm³/mol. The molecule has 0 spiro atoms. The molecular formula is C80H145N11O29. The Balaban J connectivity index is 1.56. The van der Waals surface area contributed by atoms with E-state index in [4.69, 9.17) is 42.6 Å². The Morgan fingerprint density at radius 3 is 0.917 bits per heavy atom. The number of alkyl carbamates (subject to hydrolysis) is 3. The Morgan fingerprint density at radius 2 is 0.642 bits per heavy atom. The molecule has 0 aromatic rings. The monoisotopic (exact) mass is 1720 g/mol. The van der Waals surface area contributed by atoms with Crippen LogP contribution in [-0.4, -0.2) is 314 Å². The van der Waals surface area contributed by atoms with E-state index in [9.17, 15) is 98.7 Å². The van der Waals surface area contributed by atoms with Gasteiger partial charge in [0.1, 0.15) is 73.1 Å². The molecule has 0 saturated carbocycles. The van der Waals surface area contributed by atoms with E-state index in [1.54, 1.807) is 0 Å². The van der Waals surface area contributed by atoms with Gasteiger partial charge in [0.2, 0.25) is 47.3 Å². The third kappa shape index (κ3) is 43.8. The van der Waals surface area contributed by atoms with Gasteiger partial charge in [-0.2, -0.15) is 0 Å². The maximum Gasteiger partial charge on any atom is 0.407 e. The number of aliphatic hydroxyl groups is 9. The molecule has 40 nitrogen and oxygen atoms in total. The Bertz CT molecular complexity index is 2750. The van der Waals surface area contributed by atoms with Crippen molar-refractivity contribution in [2.45, 2.75) is 326 Å². The number of hydrogen-bond donors (Lipinski definition) is 20. The Morgan fingerprint density at radius 1 is 0.350 bits per heavy atom. The maximum absolute atomic E-state index is 14.5. The number of rotatable bonds is 62. The topological polar surface area (TPSA) is 585 Å². The Labute approximate surface area is 705 Å². The zero-order chi connectivity index (χ0) is 89.1. The first kappa shape index (κ1) is 107. The maximum atomic E-state index is 14.5. The number of nitrogens with one attached hydrogen (secondary N) is 11. The van der Waals surface area contributed by atoms with E-state index < -0.39 is 164 Å². The van der Waals surface area contributed by atoms with Gasteiger partial charge in [-0.25, -0.2) is 14.4 Å². The molecule has 3 saturated heterocycles. The van der Waals surface area contributed by atoms with Crippen molar-refractivity contribution in [2.75, 3.05) is 105 Å². The van der Waals surface area contributed by atoms with Crippen LogP contribution in [0.25, 0.3) is 0 Å². The van der Waals surface area contributed by atoms with Gasteiger partial charge < -0.3 is 147 Å². The van der Waals surface area contributed by atoms with E-state index in [2.05, 4.69) is 58.5 Å². The van der Waals surface area contributed by atoms with Gasteiger partial charge in [0, 0.05) is 103 Å². The number of amides is 11. The highest BCUT2D eigenvalue weighted by molar-refractivity contribution is 5.82. The highest BCUT2D eigenvalue weighted by Gasteiger charge is 2.48.